The van der Waals surface area contributed by atoms with E-state index in [0.717, 1.165) is 51.9 Å². The molecule has 0 aromatic heterocycles. The number of hydrogen-bond acceptors (Lipinski definition) is 4. The standard InChI is InChI=1S/C14H26N4O2/c19-13(17-11-3-1-7-15-9-11)5-6-14(20)18-12-4-2-8-16-10-12/h11-12,15-16H,1-10H2,(H,17,19)(H,18,20). The number of nitrogens with one attached hydrogen (secondary N) is 4. The molecule has 2 atom stereocenters. The summed E-state index contributed by atoms with van der Waals surface area (Å²) in [5, 5.41) is 12.5. The first-order valence-corrected chi connectivity index (χ1v) is 7.74. The fraction of sp³-hybridized carbons (Fsp3) is 0.857. The van der Waals surface area contributed by atoms with Gasteiger partial charge in [-0.05, 0) is 38.8 Å². The van der Waals surface area contributed by atoms with Crippen molar-refractivity contribution in [1.29, 1.82) is 0 Å². The summed E-state index contributed by atoms with van der Waals surface area (Å²) < 4.78 is 0. The summed E-state index contributed by atoms with van der Waals surface area (Å²) in [6, 6.07) is 0.448. The molecule has 2 rings (SSSR count). The van der Waals surface area contributed by atoms with E-state index in [4.69, 9.17) is 0 Å². The summed E-state index contributed by atoms with van der Waals surface area (Å²) in [5.41, 5.74) is 0. The second kappa shape index (κ2) is 8.21. The molecule has 2 saturated heterocycles. The molecule has 2 heterocycles. The Balaban J connectivity index is 1.58. The Bertz CT molecular complexity index is 291. The van der Waals surface area contributed by atoms with Gasteiger partial charge in [-0.25, -0.2) is 0 Å². The molecule has 0 radical (unpaired) electrons. The minimum atomic E-state index is -0.0179. The fourth-order valence-corrected chi connectivity index (χ4v) is 2.78. The third kappa shape index (κ3) is 5.46. The lowest BCUT2D eigenvalue weighted by Gasteiger charge is -2.24. The molecule has 114 valence electrons. The first-order chi connectivity index (χ1) is 9.74. The Kier molecular flexibility index (Phi) is 6.26. The molecule has 0 aliphatic carbocycles. The van der Waals surface area contributed by atoms with Gasteiger partial charge in [-0.3, -0.25) is 9.59 Å². The van der Waals surface area contributed by atoms with Crippen LogP contribution in [0.2, 0.25) is 0 Å². The number of hydrogen-bond donors (Lipinski definition) is 4. The van der Waals surface area contributed by atoms with Crippen LogP contribution >= 0.6 is 0 Å². The van der Waals surface area contributed by atoms with Crippen molar-refractivity contribution in [3.8, 4) is 0 Å². The van der Waals surface area contributed by atoms with Crippen molar-refractivity contribution in [2.75, 3.05) is 26.2 Å². The van der Waals surface area contributed by atoms with Gasteiger partial charge in [-0.15, -0.1) is 0 Å². The second-order valence-corrected chi connectivity index (χ2v) is 5.72. The number of rotatable bonds is 5. The zero-order valence-corrected chi connectivity index (χ0v) is 12.0. The second-order valence-electron chi connectivity index (χ2n) is 5.72. The minimum absolute atomic E-state index is 0.0179. The lowest BCUT2D eigenvalue weighted by molar-refractivity contribution is -0.127. The van der Waals surface area contributed by atoms with Gasteiger partial charge in [0.1, 0.15) is 0 Å². The van der Waals surface area contributed by atoms with E-state index >= 15 is 0 Å². The molecule has 2 fully saturated rings. The molecule has 2 unspecified atom stereocenters. The van der Waals surface area contributed by atoms with Gasteiger partial charge in [0.2, 0.25) is 11.8 Å². The monoisotopic (exact) mass is 282 g/mol. The van der Waals surface area contributed by atoms with Crippen LogP contribution in [-0.2, 0) is 9.59 Å². The van der Waals surface area contributed by atoms with Crippen molar-refractivity contribution in [2.24, 2.45) is 0 Å². The van der Waals surface area contributed by atoms with E-state index in [1.165, 1.54) is 0 Å². The van der Waals surface area contributed by atoms with E-state index in [2.05, 4.69) is 21.3 Å². The highest BCUT2D eigenvalue weighted by Crippen LogP contribution is 2.04. The van der Waals surface area contributed by atoms with Gasteiger partial charge in [0.25, 0.3) is 0 Å². The van der Waals surface area contributed by atoms with E-state index in [9.17, 15) is 9.59 Å². The zero-order chi connectivity index (χ0) is 14.2. The van der Waals surface area contributed by atoms with Gasteiger partial charge in [0.05, 0.1) is 0 Å². The van der Waals surface area contributed by atoms with Gasteiger partial charge in [-0.2, -0.15) is 0 Å². The molecule has 0 saturated carbocycles. The molecular formula is C14H26N4O2. The van der Waals surface area contributed by atoms with E-state index in [-0.39, 0.29) is 36.7 Å². The molecule has 2 aliphatic heterocycles. The highest BCUT2D eigenvalue weighted by molar-refractivity contribution is 5.84. The SMILES string of the molecule is O=C(CCC(=O)NC1CCCNC1)NC1CCCNC1. The smallest absolute Gasteiger partial charge is 0.220 e. The molecule has 6 nitrogen and oxygen atoms in total. The first kappa shape index (κ1) is 15.3. The predicted octanol–water partition coefficient (Wildman–Crippen LogP) is -0.497. The molecule has 20 heavy (non-hydrogen) atoms. The average molecular weight is 282 g/mol. The van der Waals surface area contributed by atoms with Crippen molar-refractivity contribution in [3.63, 3.8) is 0 Å². The number of carbonyl (C=O) groups is 2. The molecule has 2 aliphatic rings. The molecule has 0 aromatic carbocycles. The quantitative estimate of drug-likeness (QED) is 0.548. The number of carbonyl (C=O) groups excluding carboxylic acids is 2. The summed E-state index contributed by atoms with van der Waals surface area (Å²) in [4.78, 5) is 23.6. The summed E-state index contributed by atoms with van der Waals surface area (Å²) >= 11 is 0. The molecule has 0 bridgehead atoms. The van der Waals surface area contributed by atoms with Crippen LogP contribution in [0, 0.1) is 0 Å². The molecule has 4 N–H and O–H groups in total. The van der Waals surface area contributed by atoms with E-state index in [0.29, 0.717) is 0 Å². The normalized spacial score (nSPS) is 26.8. The maximum atomic E-state index is 11.8. The minimum Gasteiger partial charge on any atom is -0.352 e. The topological polar surface area (TPSA) is 82.3 Å². The van der Waals surface area contributed by atoms with Crippen molar-refractivity contribution >= 4 is 11.8 Å². The number of piperidine rings is 2. The first-order valence-electron chi connectivity index (χ1n) is 7.74. The molecule has 2 amide bonds. The van der Waals surface area contributed by atoms with Crippen molar-refractivity contribution in [3.05, 3.63) is 0 Å². The van der Waals surface area contributed by atoms with E-state index in [1.54, 1.807) is 0 Å². The molecule has 0 aromatic rings. The largest absolute Gasteiger partial charge is 0.352 e. The summed E-state index contributed by atoms with van der Waals surface area (Å²) in [6.45, 7) is 3.74. The van der Waals surface area contributed by atoms with E-state index < -0.39 is 0 Å². The maximum absolute atomic E-state index is 11.8. The van der Waals surface area contributed by atoms with Crippen LogP contribution in [0.3, 0.4) is 0 Å². The Morgan fingerprint density at radius 3 is 1.65 bits per heavy atom. The van der Waals surface area contributed by atoms with Crippen molar-refractivity contribution in [2.45, 2.75) is 50.6 Å². The fourth-order valence-electron chi connectivity index (χ4n) is 2.78. The number of amides is 2. The Morgan fingerprint density at radius 2 is 1.30 bits per heavy atom. The Labute approximate surface area is 120 Å². The highest BCUT2D eigenvalue weighted by atomic mass is 16.2. The van der Waals surface area contributed by atoms with Crippen LogP contribution in [0.25, 0.3) is 0 Å². The molecule has 6 heteroatoms. The lowest BCUT2D eigenvalue weighted by Crippen LogP contribution is -2.47. The third-order valence-electron chi connectivity index (χ3n) is 3.90. The predicted molar refractivity (Wildman–Crippen MR) is 77.3 cm³/mol. The lowest BCUT2D eigenvalue weighted by atomic mass is 10.1. The highest BCUT2D eigenvalue weighted by Gasteiger charge is 2.18. The van der Waals surface area contributed by atoms with Crippen LogP contribution < -0.4 is 21.3 Å². The average Bonchev–Trinajstić information content (AvgIpc) is 2.47. The van der Waals surface area contributed by atoms with Crippen LogP contribution in [0.4, 0.5) is 0 Å². The van der Waals surface area contributed by atoms with Crippen LogP contribution in [0.5, 0.6) is 0 Å². The summed E-state index contributed by atoms with van der Waals surface area (Å²) in [5.74, 6) is -0.0359. The van der Waals surface area contributed by atoms with Crippen molar-refractivity contribution < 1.29 is 9.59 Å². The van der Waals surface area contributed by atoms with Crippen LogP contribution in [-0.4, -0.2) is 50.1 Å². The van der Waals surface area contributed by atoms with Gasteiger partial charge in [-0.1, -0.05) is 0 Å². The molecular weight excluding hydrogens is 256 g/mol. The van der Waals surface area contributed by atoms with Gasteiger partial charge in [0.15, 0.2) is 0 Å². The molecule has 0 spiro atoms. The van der Waals surface area contributed by atoms with E-state index in [1.807, 2.05) is 0 Å². The van der Waals surface area contributed by atoms with Crippen LogP contribution in [0.1, 0.15) is 38.5 Å². The third-order valence-corrected chi connectivity index (χ3v) is 3.90. The van der Waals surface area contributed by atoms with Gasteiger partial charge in [0, 0.05) is 38.0 Å². The van der Waals surface area contributed by atoms with Crippen molar-refractivity contribution in [1.82, 2.24) is 21.3 Å². The van der Waals surface area contributed by atoms with Crippen LogP contribution in [0.15, 0.2) is 0 Å². The van der Waals surface area contributed by atoms with Gasteiger partial charge < -0.3 is 21.3 Å². The van der Waals surface area contributed by atoms with Gasteiger partial charge >= 0.3 is 0 Å². The Hall–Kier alpha value is -1.14. The summed E-state index contributed by atoms with van der Waals surface area (Å²) in [7, 11) is 0. The summed E-state index contributed by atoms with van der Waals surface area (Å²) in [6.07, 6.45) is 4.81. The maximum Gasteiger partial charge on any atom is 0.220 e. The zero-order valence-electron chi connectivity index (χ0n) is 12.0. The Morgan fingerprint density at radius 1 is 0.850 bits per heavy atom.